The van der Waals surface area contributed by atoms with Gasteiger partial charge in [-0.05, 0) is 30.2 Å². The summed E-state index contributed by atoms with van der Waals surface area (Å²) in [7, 11) is 0. The molecule has 0 aliphatic rings. The molecule has 1 N–H and O–H groups in total. The summed E-state index contributed by atoms with van der Waals surface area (Å²) in [6, 6.07) is 3.12. The number of hydrogen-bond acceptors (Lipinski definition) is 2. The van der Waals surface area contributed by atoms with E-state index in [1.807, 2.05) is 0 Å². The van der Waals surface area contributed by atoms with E-state index in [1.165, 1.54) is 12.1 Å². The van der Waals surface area contributed by atoms with E-state index in [4.69, 9.17) is 5.11 Å². The lowest BCUT2D eigenvalue weighted by Crippen LogP contribution is -2.06. The molecule has 1 rings (SSSR count). The lowest BCUT2D eigenvalue weighted by atomic mass is 10.1. The summed E-state index contributed by atoms with van der Waals surface area (Å²) in [6.45, 7) is -0.0734. The fourth-order valence-corrected chi connectivity index (χ4v) is 1.30. The smallest absolute Gasteiger partial charge is 0.396 e. The van der Waals surface area contributed by atoms with Gasteiger partial charge in [-0.2, -0.15) is 13.2 Å². The van der Waals surface area contributed by atoms with Gasteiger partial charge in [-0.25, -0.2) is 0 Å². The van der Waals surface area contributed by atoms with Crippen LogP contribution in [0.25, 0.3) is 6.08 Å². The first kappa shape index (κ1) is 13.4. The van der Waals surface area contributed by atoms with Gasteiger partial charge in [-0.3, -0.25) is 4.79 Å². The summed E-state index contributed by atoms with van der Waals surface area (Å²) in [6.07, 6.45) is -0.758. The van der Waals surface area contributed by atoms with Gasteiger partial charge in [0.05, 0.1) is 5.56 Å². The zero-order valence-corrected chi connectivity index (χ0v) is 8.87. The third-order valence-corrected chi connectivity index (χ3v) is 2.05. The molecule has 0 spiro atoms. The number of aliphatic hydroxyl groups excluding tert-OH is 1. The maximum absolute atomic E-state index is 12.5. The third-order valence-electron chi connectivity index (χ3n) is 2.05. The Morgan fingerprint density at radius 2 is 1.82 bits per heavy atom. The highest BCUT2D eigenvalue weighted by atomic mass is 19.4. The molecular formula is C12H11F3O2. The number of aliphatic hydroxyl groups is 1. The standard InChI is InChI=1S/C12H11F3O2/c13-12(14,15)11-6-9(3-1-2-4-16)5-10(7-11)8-17/h1,3,5-8,16H,2,4H2. The first-order valence-electron chi connectivity index (χ1n) is 4.92. The van der Waals surface area contributed by atoms with E-state index < -0.39 is 11.7 Å². The van der Waals surface area contributed by atoms with E-state index in [9.17, 15) is 18.0 Å². The molecule has 1 aromatic carbocycles. The average Bonchev–Trinajstić information content (AvgIpc) is 2.28. The van der Waals surface area contributed by atoms with Crippen molar-refractivity contribution < 1.29 is 23.1 Å². The molecule has 2 nitrogen and oxygen atoms in total. The average molecular weight is 244 g/mol. The molecular weight excluding hydrogens is 233 g/mol. The van der Waals surface area contributed by atoms with Gasteiger partial charge in [0, 0.05) is 12.2 Å². The Morgan fingerprint density at radius 1 is 1.18 bits per heavy atom. The SMILES string of the molecule is O=Cc1cc(C=CCCO)cc(C(F)(F)F)c1. The van der Waals surface area contributed by atoms with Crippen molar-refractivity contribution in [1.82, 2.24) is 0 Å². The number of aldehydes is 1. The van der Waals surface area contributed by atoms with Crippen molar-refractivity contribution in [2.45, 2.75) is 12.6 Å². The monoisotopic (exact) mass is 244 g/mol. The second kappa shape index (κ2) is 5.63. The molecule has 5 heteroatoms. The van der Waals surface area contributed by atoms with E-state index in [0.29, 0.717) is 12.7 Å². The Morgan fingerprint density at radius 3 is 2.35 bits per heavy atom. The Balaban J connectivity index is 3.10. The number of carbonyl (C=O) groups excluding carboxylic acids is 1. The summed E-state index contributed by atoms with van der Waals surface area (Å²) in [5, 5.41) is 8.54. The Bertz CT molecular complexity index is 422. The van der Waals surface area contributed by atoms with Gasteiger partial charge < -0.3 is 5.11 Å². The van der Waals surface area contributed by atoms with Crippen molar-refractivity contribution in [3.63, 3.8) is 0 Å². The highest BCUT2D eigenvalue weighted by Gasteiger charge is 2.30. The van der Waals surface area contributed by atoms with Crippen LogP contribution in [0.3, 0.4) is 0 Å². The highest BCUT2D eigenvalue weighted by Crippen LogP contribution is 2.30. The van der Waals surface area contributed by atoms with Gasteiger partial charge in [0.2, 0.25) is 0 Å². The lowest BCUT2D eigenvalue weighted by Gasteiger charge is -2.08. The van der Waals surface area contributed by atoms with Gasteiger partial charge in [-0.15, -0.1) is 0 Å². The Labute approximate surface area is 96.4 Å². The van der Waals surface area contributed by atoms with Crippen LogP contribution in [0.1, 0.15) is 27.9 Å². The molecule has 0 bridgehead atoms. The van der Waals surface area contributed by atoms with Crippen LogP contribution in [-0.4, -0.2) is 18.0 Å². The molecule has 0 unspecified atom stereocenters. The highest BCUT2D eigenvalue weighted by molar-refractivity contribution is 5.77. The molecule has 92 valence electrons. The molecule has 17 heavy (non-hydrogen) atoms. The maximum Gasteiger partial charge on any atom is 0.416 e. The fraction of sp³-hybridized carbons (Fsp3) is 0.250. The van der Waals surface area contributed by atoms with Crippen molar-refractivity contribution in [1.29, 1.82) is 0 Å². The first-order chi connectivity index (χ1) is 7.97. The third kappa shape index (κ3) is 4.03. The van der Waals surface area contributed by atoms with Crippen molar-refractivity contribution in [3.05, 3.63) is 41.0 Å². The van der Waals surface area contributed by atoms with Crippen LogP contribution in [0.4, 0.5) is 13.2 Å². The number of alkyl halides is 3. The van der Waals surface area contributed by atoms with E-state index in [0.717, 1.165) is 12.1 Å². The summed E-state index contributed by atoms with van der Waals surface area (Å²) >= 11 is 0. The van der Waals surface area contributed by atoms with Gasteiger partial charge in [0.15, 0.2) is 0 Å². The number of hydrogen-bond donors (Lipinski definition) is 1. The van der Waals surface area contributed by atoms with Crippen molar-refractivity contribution in [3.8, 4) is 0 Å². The molecule has 0 aromatic heterocycles. The van der Waals surface area contributed by atoms with Crippen molar-refractivity contribution in [2.75, 3.05) is 6.61 Å². The molecule has 0 saturated heterocycles. The topological polar surface area (TPSA) is 37.3 Å². The molecule has 0 fully saturated rings. The van der Waals surface area contributed by atoms with Crippen LogP contribution in [0.15, 0.2) is 24.3 Å². The van der Waals surface area contributed by atoms with Gasteiger partial charge in [-0.1, -0.05) is 12.2 Å². The largest absolute Gasteiger partial charge is 0.416 e. The number of halogens is 3. The minimum Gasteiger partial charge on any atom is -0.396 e. The Kier molecular flexibility index (Phi) is 4.45. The molecule has 0 saturated carbocycles. The van der Waals surface area contributed by atoms with Crippen molar-refractivity contribution >= 4 is 12.4 Å². The van der Waals surface area contributed by atoms with Crippen LogP contribution in [0.2, 0.25) is 0 Å². The second-order valence-corrected chi connectivity index (χ2v) is 3.42. The summed E-state index contributed by atoms with van der Waals surface area (Å²) < 4.78 is 37.5. The van der Waals surface area contributed by atoms with E-state index in [-0.39, 0.29) is 17.7 Å². The van der Waals surface area contributed by atoms with E-state index >= 15 is 0 Å². The van der Waals surface area contributed by atoms with E-state index in [1.54, 1.807) is 6.08 Å². The summed E-state index contributed by atoms with van der Waals surface area (Å²) in [5.74, 6) is 0. The minimum atomic E-state index is -4.47. The normalized spacial score (nSPS) is 12.0. The summed E-state index contributed by atoms with van der Waals surface area (Å²) in [4.78, 5) is 10.5. The fourth-order valence-electron chi connectivity index (χ4n) is 1.30. The van der Waals surface area contributed by atoms with Gasteiger partial charge in [0.25, 0.3) is 0 Å². The van der Waals surface area contributed by atoms with Crippen molar-refractivity contribution in [2.24, 2.45) is 0 Å². The van der Waals surface area contributed by atoms with Gasteiger partial charge >= 0.3 is 6.18 Å². The van der Waals surface area contributed by atoms with Crippen LogP contribution in [0.5, 0.6) is 0 Å². The molecule has 0 heterocycles. The maximum atomic E-state index is 12.5. The number of carbonyl (C=O) groups is 1. The molecule has 0 aliphatic heterocycles. The molecule has 0 atom stereocenters. The van der Waals surface area contributed by atoms with Crippen LogP contribution in [0, 0.1) is 0 Å². The molecule has 0 amide bonds. The van der Waals surface area contributed by atoms with Gasteiger partial charge in [0.1, 0.15) is 6.29 Å². The zero-order valence-electron chi connectivity index (χ0n) is 8.87. The van der Waals surface area contributed by atoms with E-state index in [2.05, 4.69) is 0 Å². The Hall–Kier alpha value is -1.62. The quantitative estimate of drug-likeness (QED) is 0.827. The predicted octanol–water partition coefficient (Wildman–Crippen LogP) is 2.91. The zero-order chi connectivity index (χ0) is 12.9. The predicted molar refractivity (Wildman–Crippen MR) is 57.6 cm³/mol. The molecule has 0 aliphatic carbocycles. The molecule has 0 radical (unpaired) electrons. The molecule has 1 aromatic rings. The first-order valence-corrected chi connectivity index (χ1v) is 4.92. The number of rotatable bonds is 4. The minimum absolute atomic E-state index is 0.0246. The van der Waals surface area contributed by atoms with Crippen LogP contribution in [-0.2, 0) is 6.18 Å². The lowest BCUT2D eigenvalue weighted by molar-refractivity contribution is -0.137. The second-order valence-electron chi connectivity index (χ2n) is 3.42. The van der Waals surface area contributed by atoms with Crippen LogP contribution >= 0.6 is 0 Å². The number of benzene rings is 1. The van der Waals surface area contributed by atoms with Crippen LogP contribution < -0.4 is 0 Å². The summed E-state index contributed by atoms with van der Waals surface area (Å²) in [5.41, 5.74) is -0.593.